The Labute approximate surface area is 47.2 Å². The van der Waals surface area contributed by atoms with Gasteiger partial charge >= 0.3 is 0 Å². The molecule has 1 rings (SSSR count). The molecule has 44 valence electrons. The Hall–Kier alpha value is -1.19. The van der Waals surface area contributed by atoms with E-state index >= 15 is 0 Å². The van der Waals surface area contributed by atoms with Gasteiger partial charge < -0.3 is 5.73 Å². The molecule has 1 aliphatic rings. The molecule has 0 saturated carbocycles. The van der Waals surface area contributed by atoms with Crippen molar-refractivity contribution in [1.29, 1.82) is 5.41 Å². The predicted octanol–water partition coefficient (Wildman–Crippen LogP) is -0.738. The van der Waals surface area contributed by atoms with E-state index in [-0.39, 0.29) is 0 Å². The van der Waals surface area contributed by atoms with Crippen molar-refractivity contribution in [3.8, 4) is 0 Å². The Morgan fingerprint density at radius 2 is 2.25 bits per heavy atom. The lowest BCUT2D eigenvalue weighted by Crippen LogP contribution is -2.53. The number of nitrogens with one attached hydrogen (secondary N) is 3. The van der Waals surface area contributed by atoms with Gasteiger partial charge in [-0.05, 0) is 6.92 Å². The summed E-state index contributed by atoms with van der Waals surface area (Å²) < 4.78 is 0. The smallest absolute Gasteiger partial charge is 0.164 e. The second-order valence-electron chi connectivity index (χ2n) is 1.68. The zero-order valence-electron chi connectivity index (χ0n) is 4.58. The summed E-state index contributed by atoms with van der Waals surface area (Å²) in [7, 11) is 0. The van der Waals surface area contributed by atoms with Crippen LogP contribution in [0.4, 0.5) is 0 Å². The molecule has 5 N–H and O–H groups in total. The maximum atomic E-state index is 7.01. The minimum Gasteiger partial charge on any atom is -0.400 e. The summed E-state index contributed by atoms with van der Waals surface area (Å²) in [6.07, 6.45) is 0. The third-order valence-corrected chi connectivity index (χ3v) is 0.957. The van der Waals surface area contributed by atoms with Crippen LogP contribution in [0, 0.1) is 5.41 Å². The summed E-state index contributed by atoms with van der Waals surface area (Å²) in [4.78, 5) is 0. The van der Waals surface area contributed by atoms with E-state index in [1.807, 2.05) is 0 Å². The van der Waals surface area contributed by atoms with Crippen LogP contribution < -0.4 is 16.6 Å². The number of amidine groups is 1. The number of rotatable bonds is 0. The molecule has 1 heterocycles. The molecule has 1 aliphatic heterocycles. The molecule has 1 fully saturated rings. The normalized spacial score (nSPS) is 22.9. The van der Waals surface area contributed by atoms with Crippen molar-refractivity contribution in [3.63, 3.8) is 0 Å². The quantitative estimate of drug-likeness (QED) is 0.333. The van der Waals surface area contributed by atoms with Gasteiger partial charge in [0.2, 0.25) is 0 Å². The van der Waals surface area contributed by atoms with Crippen LogP contribution in [0.25, 0.3) is 0 Å². The maximum absolute atomic E-state index is 7.01. The number of nitrogens with two attached hydrogens (primary N) is 1. The number of hydrazine groups is 1. The lowest BCUT2D eigenvalue weighted by atomic mass is 10.3. The van der Waals surface area contributed by atoms with E-state index in [4.69, 9.17) is 11.1 Å². The Kier molecular flexibility index (Phi) is 0.865. The van der Waals surface area contributed by atoms with Gasteiger partial charge in [0.25, 0.3) is 0 Å². The maximum Gasteiger partial charge on any atom is 0.164 e. The first-order valence-corrected chi connectivity index (χ1v) is 2.29. The highest BCUT2D eigenvalue weighted by atomic mass is 15.5. The Bertz CT molecular complexity index is 153. The molecule has 0 aromatic carbocycles. The highest BCUT2D eigenvalue weighted by Crippen LogP contribution is 1.98. The second kappa shape index (κ2) is 1.40. The van der Waals surface area contributed by atoms with Gasteiger partial charge in [-0.2, -0.15) is 0 Å². The van der Waals surface area contributed by atoms with Crippen LogP contribution in [0.1, 0.15) is 6.92 Å². The monoisotopic (exact) mass is 112 g/mol. The average Bonchev–Trinajstić information content (AvgIpc) is 1.61. The van der Waals surface area contributed by atoms with E-state index in [0.29, 0.717) is 17.2 Å². The van der Waals surface area contributed by atoms with Crippen molar-refractivity contribution in [2.75, 3.05) is 0 Å². The van der Waals surface area contributed by atoms with Crippen molar-refractivity contribution >= 4 is 5.84 Å². The van der Waals surface area contributed by atoms with Gasteiger partial charge in [-0.3, -0.25) is 16.3 Å². The topological polar surface area (TPSA) is 73.9 Å². The minimum atomic E-state index is 0.366. The third-order valence-electron chi connectivity index (χ3n) is 0.957. The largest absolute Gasteiger partial charge is 0.400 e. The molecule has 0 spiro atoms. The zero-order chi connectivity index (χ0) is 6.15. The summed E-state index contributed by atoms with van der Waals surface area (Å²) in [6.45, 7) is 1.75. The number of hydrogen-bond donors (Lipinski definition) is 4. The van der Waals surface area contributed by atoms with Crippen molar-refractivity contribution in [3.05, 3.63) is 11.4 Å². The van der Waals surface area contributed by atoms with Crippen molar-refractivity contribution < 1.29 is 0 Å². The Balaban J connectivity index is 2.75. The molecule has 0 atom stereocenters. The van der Waals surface area contributed by atoms with Gasteiger partial charge in [0.05, 0.1) is 0 Å². The first kappa shape index (κ1) is 4.96. The van der Waals surface area contributed by atoms with Gasteiger partial charge in [-0.1, -0.05) is 0 Å². The summed E-state index contributed by atoms with van der Waals surface area (Å²) in [6, 6.07) is 0. The van der Waals surface area contributed by atoms with E-state index in [1.54, 1.807) is 6.92 Å². The highest BCUT2D eigenvalue weighted by Gasteiger charge is 2.15. The molecule has 1 saturated heterocycles. The molecular formula is C4H8N4. The molecule has 4 heteroatoms. The fourth-order valence-electron chi connectivity index (χ4n) is 0.483. The molecule has 0 amide bonds. The zero-order valence-corrected chi connectivity index (χ0v) is 4.58. The predicted molar refractivity (Wildman–Crippen MR) is 30.9 cm³/mol. The van der Waals surface area contributed by atoms with E-state index in [0.717, 1.165) is 0 Å². The second-order valence-corrected chi connectivity index (χ2v) is 1.68. The van der Waals surface area contributed by atoms with Gasteiger partial charge in [0.15, 0.2) is 5.84 Å². The molecule has 0 bridgehead atoms. The molecule has 8 heavy (non-hydrogen) atoms. The first-order chi connectivity index (χ1) is 3.72. The van der Waals surface area contributed by atoms with Crippen LogP contribution in [0.5, 0.6) is 0 Å². The summed E-state index contributed by atoms with van der Waals surface area (Å²) in [5.74, 6) is 0.366. The summed E-state index contributed by atoms with van der Waals surface area (Å²) >= 11 is 0. The van der Waals surface area contributed by atoms with Crippen LogP contribution in [-0.4, -0.2) is 5.84 Å². The van der Waals surface area contributed by atoms with Crippen LogP contribution >= 0.6 is 0 Å². The number of hydrogen-bond acceptors (Lipinski definition) is 3. The Morgan fingerprint density at radius 3 is 2.25 bits per heavy atom. The number of allylic oxidation sites excluding steroid dienone is 1. The highest BCUT2D eigenvalue weighted by molar-refractivity contribution is 6.00. The molecule has 0 aliphatic carbocycles. The van der Waals surface area contributed by atoms with Gasteiger partial charge in [0, 0.05) is 5.70 Å². The first-order valence-electron chi connectivity index (χ1n) is 2.29. The average molecular weight is 112 g/mol. The van der Waals surface area contributed by atoms with E-state index in [9.17, 15) is 0 Å². The van der Waals surface area contributed by atoms with E-state index < -0.39 is 0 Å². The van der Waals surface area contributed by atoms with Crippen LogP contribution in [0.15, 0.2) is 11.4 Å². The molecule has 0 aromatic rings. The van der Waals surface area contributed by atoms with E-state index in [2.05, 4.69) is 10.9 Å². The fraction of sp³-hybridized carbons (Fsp3) is 0.250. The van der Waals surface area contributed by atoms with Crippen molar-refractivity contribution in [1.82, 2.24) is 10.9 Å². The van der Waals surface area contributed by atoms with Gasteiger partial charge in [-0.15, -0.1) is 0 Å². The SMILES string of the molecule is C/C(N)=C1\NNC1=N. The molecule has 0 unspecified atom stereocenters. The molecule has 0 aromatic heterocycles. The molecule has 4 nitrogen and oxygen atoms in total. The lowest BCUT2D eigenvalue weighted by Gasteiger charge is -2.24. The molecular weight excluding hydrogens is 104 g/mol. The molecule has 0 radical (unpaired) electrons. The summed E-state index contributed by atoms with van der Waals surface area (Å²) in [5, 5.41) is 7.01. The minimum absolute atomic E-state index is 0.366. The van der Waals surface area contributed by atoms with Crippen LogP contribution in [0.3, 0.4) is 0 Å². The third kappa shape index (κ3) is 0.501. The van der Waals surface area contributed by atoms with Crippen LogP contribution in [-0.2, 0) is 0 Å². The van der Waals surface area contributed by atoms with E-state index in [1.165, 1.54) is 0 Å². The standard InChI is InChI=1S/C4H8N4/c1-2(5)3-4(6)8-7-3/h7H,5H2,1H3,(H2,6,8)/b3-2+. The van der Waals surface area contributed by atoms with Crippen molar-refractivity contribution in [2.45, 2.75) is 6.92 Å². The summed E-state index contributed by atoms with van der Waals surface area (Å²) in [5.41, 5.74) is 11.9. The van der Waals surface area contributed by atoms with Crippen molar-refractivity contribution in [2.24, 2.45) is 5.73 Å². The van der Waals surface area contributed by atoms with Gasteiger partial charge in [-0.25, -0.2) is 0 Å². The van der Waals surface area contributed by atoms with Gasteiger partial charge in [0.1, 0.15) is 5.70 Å². The fourth-order valence-corrected chi connectivity index (χ4v) is 0.483. The Morgan fingerprint density at radius 1 is 1.62 bits per heavy atom. The lowest BCUT2D eigenvalue weighted by molar-refractivity contribution is 0.690. The van der Waals surface area contributed by atoms with Crippen LogP contribution in [0.2, 0.25) is 0 Å².